The predicted molar refractivity (Wildman–Crippen MR) is 88.8 cm³/mol. The summed E-state index contributed by atoms with van der Waals surface area (Å²) >= 11 is 0. The predicted octanol–water partition coefficient (Wildman–Crippen LogP) is 3.51. The quantitative estimate of drug-likeness (QED) is 0.769. The number of rotatable bonds is 8. The molecule has 0 saturated heterocycles. The molecule has 1 aromatic carbocycles. The molecule has 0 bridgehead atoms. The van der Waals surface area contributed by atoms with Gasteiger partial charge in [-0.05, 0) is 17.4 Å². The van der Waals surface area contributed by atoms with Gasteiger partial charge in [0.15, 0.2) is 0 Å². The molecule has 3 nitrogen and oxygen atoms in total. The summed E-state index contributed by atoms with van der Waals surface area (Å²) in [4.78, 5) is 12.5. The third-order valence-corrected chi connectivity index (χ3v) is 4.37. The molecule has 3 heteroatoms. The Labute approximate surface area is 129 Å². The third kappa shape index (κ3) is 4.85. The molecule has 0 aliphatic carbocycles. The number of amides is 1. The van der Waals surface area contributed by atoms with Gasteiger partial charge in [-0.3, -0.25) is 4.79 Å². The van der Waals surface area contributed by atoms with E-state index in [0.29, 0.717) is 12.5 Å². The van der Waals surface area contributed by atoms with Crippen LogP contribution in [0.25, 0.3) is 0 Å². The summed E-state index contributed by atoms with van der Waals surface area (Å²) < 4.78 is 0. The first-order valence-electron chi connectivity index (χ1n) is 8.10. The Kier molecular flexibility index (Phi) is 7.44. The zero-order valence-electron chi connectivity index (χ0n) is 13.8. The fraction of sp³-hybridized carbons (Fsp3) is 0.611. The van der Waals surface area contributed by atoms with Crippen LogP contribution in [-0.4, -0.2) is 12.5 Å². The van der Waals surface area contributed by atoms with Crippen LogP contribution in [0.1, 0.15) is 52.1 Å². The van der Waals surface area contributed by atoms with Crippen LogP contribution < -0.4 is 11.1 Å². The van der Waals surface area contributed by atoms with Crippen LogP contribution in [0.4, 0.5) is 0 Å². The molecule has 0 radical (unpaired) electrons. The molecule has 1 aromatic rings. The van der Waals surface area contributed by atoms with Crippen LogP contribution in [0.2, 0.25) is 0 Å². The van der Waals surface area contributed by atoms with Crippen LogP contribution in [0.5, 0.6) is 0 Å². The van der Waals surface area contributed by atoms with Crippen LogP contribution in [0.3, 0.4) is 0 Å². The van der Waals surface area contributed by atoms with Crippen LogP contribution in [0.15, 0.2) is 30.3 Å². The molecule has 1 rings (SSSR count). The Hall–Kier alpha value is -1.35. The number of carbonyl (C=O) groups excluding carboxylic acids is 1. The second-order valence-corrected chi connectivity index (χ2v) is 6.06. The highest BCUT2D eigenvalue weighted by molar-refractivity contribution is 5.79. The van der Waals surface area contributed by atoms with Gasteiger partial charge in [0, 0.05) is 6.54 Å². The van der Waals surface area contributed by atoms with E-state index in [1.807, 2.05) is 32.0 Å². The Bertz CT molecular complexity index is 412. The molecule has 0 spiro atoms. The maximum Gasteiger partial charge on any atom is 0.225 e. The van der Waals surface area contributed by atoms with Gasteiger partial charge >= 0.3 is 0 Å². The Morgan fingerprint density at radius 1 is 1.14 bits per heavy atom. The summed E-state index contributed by atoms with van der Waals surface area (Å²) in [7, 11) is 0. The number of benzene rings is 1. The number of nitrogens with one attached hydrogen (secondary N) is 1. The van der Waals surface area contributed by atoms with Gasteiger partial charge in [0.1, 0.15) is 0 Å². The molecule has 0 aliphatic rings. The number of hydrogen-bond donors (Lipinski definition) is 2. The minimum atomic E-state index is -0.120. The fourth-order valence-electron chi connectivity index (χ4n) is 2.84. The maximum absolute atomic E-state index is 12.5. The molecule has 2 atom stereocenters. The summed E-state index contributed by atoms with van der Waals surface area (Å²) in [6.07, 6.45) is 2.09. The van der Waals surface area contributed by atoms with Crippen molar-refractivity contribution in [1.29, 1.82) is 0 Å². The summed E-state index contributed by atoms with van der Waals surface area (Å²) in [5.74, 6) is 0.661. The summed E-state index contributed by atoms with van der Waals surface area (Å²) in [6, 6.07) is 10.3. The lowest BCUT2D eigenvalue weighted by atomic mass is 9.87. The van der Waals surface area contributed by atoms with Crippen molar-refractivity contribution in [2.24, 2.45) is 23.5 Å². The highest BCUT2D eigenvalue weighted by Gasteiger charge is 2.27. The smallest absolute Gasteiger partial charge is 0.225 e. The van der Waals surface area contributed by atoms with E-state index < -0.39 is 0 Å². The van der Waals surface area contributed by atoms with Crippen molar-refractivity contribution in [3.8, 4) is 0 Å². The first kappa shape index (κ1) is 17.7. The number of hydrogen-bond acceptors (Lipinski definition) is 2. The molecule has 0 fully saturated rings. The SMILES string of the molecule is CCC(CC)C(NC(=O)C(CN)C(C)C)c1ccccc1. The van der Waals surface area contributed by atoms with Crippen molar-refractivity contribution in [3.05, 3.63) is 35.9 Å². The lowest BCUT2D eigenvalue weighted by molar-refractivity contribution is -0.127. The lowest BCUT2D eigenvalue weighted by Gasteiger charge is -2.29. The standard InChI is InChI=1S/C18H30N2O/c1-5-14(6-2)17(15-10-8-7-9-11-15)20-18(21)16(12-19)13(3)4/h7-11,13-14,16-17H,5-6,12,19H2,1-4H3,(H,20,21). The average molecular weight is 290 g/mol. The number of nitrogens with two attached hydrogens (primary N) is 1. The molecule has 0 aromatic heterocycles. The largest absolute Gasteiger partial charge is 0.349 e. The van der Waals surface area contributed by atoms with Gasteiger partial charge in [0.2, 0.25) is 5.91 Å². The van der Waals surface area contributed by atoms with Gasteiger partial charge in [-0.15, -0.1) is 0 Å². The molecule has 1 amide bonds. The van der Waals surface area contributed by atoms with E-state index in [4.69, 9.17) is 5.73 Å². The van der Waals surface area contributed by atoms with Gasteiger partial charge in [-0.1, -0.05) is 70.9 Å². The van der Waals surface area contributed by atoms with Gasteiger partial charge in [-0.25, -0.2) is 0 Å². The average Bonchev–Trinajstić information content (AvgIpc) is 2.48. The molecule has 118 valence electrons. The topological polar surface area (TPSA) is 55.1 Å². The Balaban J connectivity index is 2.95. The van der Waals surface area contributed by atoms with E-state index in [0.717, 1.165) is 12.8 Å². The van der Waals surface area contributed by atoms with Gasteiger partial charge in [0.25, 0.3) is 0 Å². The van der Waals surface area contributed by atoms with E-state index in [9.17, 15) is 4.79 Å². The van der Waals surface area contributed by atoms with Gasteiger partial charge < -0.3 is 11.1 Å². The minimum Gasteiger partial charge on any atom is -0.349 e. The van der Waals surface area contributed by atoms with Crippen LogP contribution >= 0.6 is 0 Å². The highest BCUT2D eigenvalue weighted by atomic mass is 16.2. The van der Waals surface area contributed by atoms with Crippen LogP contribution in [-0.2, 0) is 4.79 Å². The molecule has 0 heterocycles. The zero-order valence-corrected chi connectivity index (χ0v) is 13.8. The second kappa shape index (κ2) is 8.83. The molecule has 0 aliphatic heterocycles. The highest BCUT2D eigenvalue weighted by Crippen LogP contribution is 2.28. The van der Waals surface area contributed by atoms with E-state index in [1.54, 1.807) is 0 Å². The van der Waals surface area contributed by atoms with E-state index in [-0.39, 0.29) is 23.8 Å². The van der Waals surface area contributed by atoms with Crippen molar-refractivity contribution in [3.63, 3.8) is 0 Å². The summed E-state index contributed by atoms with van der Waals surface area (Å²) in [5, 5.41) is 3.25. The first-order valence-corrected chi connectivity index (χ1v) is 8.10. The molecule has 21 heavy (non-hydrogen) atoms. The summed E-state index contributed by atoms with van der Waals surface area (Å²) in [5.41, 5.74) is 6.95. The fourth-order valence-corrected chi connectivity index (χ4v) is 2.84. The van der Waals surface area contributed by atoms with Gasteiger partial charge in [0.05, 0.1) is 12.0 Å². The van der Waals surface area contributed by atoms with Crippen molar-refractivity contribution in [2.75, 3.05) is 6.54 Å². The summed E-state index contributed by atoms with van der Waals surface area (Å²) in [6.45, 7) is 8.85. The Morgan fingerprint density at radius 3 is 2.14 bits per heavy atom. The monoisotopic (exact) mass is 290 g/mol. The minimum absolute atomic E-state index is 0.0708. The molecule has 3 N–H and O–H groups in total. The molecular weight excluding hydrogens is 260 g/mol. The van der Waals surface area contributed by atoms with Gasteiger partial charge in [-0.2, -0.15) is 0 Å². The van der Waals surface area contributed by atoms with E-state index in [1.165, 1.54) is 5.56 Å². The lowest BCUT2D eigenvalue weighted by Crippen LogP contribution is -2.41. The normalized spacial score (nSPS) is 14.2. The van der Waals surface area contributed by atoms with Crippen molar-refractivity contribution in [2.45, 2.75) is 46.6 Å². The third-order valence-electron chi connectivity index (χ3n) is 4.37. The van der Waals surface area contributed by atoms with Crippen molar-refractivity contribution >= 4 is 5.91 Å². The maximum atomic E-state index is 12.5. The van der Waals surface area contributed by atoms with Crippen molar-refractivity contribution in [1.82, 2.24) is 5.32 Å². The molecule has 0 saturated carbocycles. The molecule has 2 unspecified atom stereocenters. The first-order chi connectivity index (χ1) is 10.0. The van der Waals surface area contributed by atoms with E-state index in [2.05, 4.69) is 31.3 Å². The van der Waals surface area contributed by atoms with Crippen molar-refractivity contribution < 1.29 is 4.79 Å². The van der Waals surface area contributed by atoms with Crippen LogP contribution in [0, 0.1) is 17.8 Å². The zero-order chi connectivity index (χ0) is 15.8. The second-order valence-electron chi connectivity index (χ2n) is 6.06. The van der Waals surface area contributed by atoms with E-state index >= 15 is 0 Å². The Morgan fingerprint density at radius 2 is 1.71 bits per heavy atom. The molecular formula is C18H30N2O. The number of carbonyl (C=O) groups is 1.